The van der Waals surface area contributed by atoms with Crippen LogP contribution >= 0.6 is 0 Å². The van der Waals surface area contributed by atoms with E-state index in [9.17, 15) is 18.3 Å². The molecule has 1 aliphatic heterocycles. The van der Waals surface area contributed by atoms with Crippen molar-refractivity contribution < 1.29 is 25.8 Å². The lowest BCUT2D eigenvalue weighted by Crippen LogP contribution is -2.29. The highest BCUT2D eigenvalue weighted by Crippen LogP contribution is 2.32. The number of ether oxygens (including phenoxy) is 1. The summed E-state index contributed by atoms with van der Waals surface area (Å²) in [7, 11) is 0. The Bertz CT molecular complexity index is 1170. The number of nitrogens with zero attached hydrogens (tertiary/aromatic N) is 4. The van der Waals surface area contributed by atoms with Gasteiger partial charge in [0.05, 0.1) is 24.9 Å². The third-order valence-electron chi connectivity index (χ3n) is 5.57. The predicted octanol–water partition coefficient (Wildman–Crippen LogP) is 3.66. The van der Waals surface area contributed by atoms with Crippen molar-refractivity contribution in [2.24, 2.45) is 0 Å². The van der Waals surface area contributed by atoms with Crippen LogP contribution < -0.4 is 10.6 Å². The molecular weight excluding hydrogens is 425 g/mol. The van der Waals surface area contributed by atoms with Crippen LogP contribution in [0.2, 0.25) is 0 Å². The third kappa shape index (κ3) is 4.09. The summed E-state index contributed by atoms with van der Waals surface area (Å²) in [6.07, 6.45) is 0.447. The molecule has 0 bridgehead atoms. The molecule has 32 heavy (non-hydrogen) atoms. The summed E-state index contributed by atoms with van der Waals surface area (Å²) in [5.74, 6) is -2.96. The number of hydrogen-bond donors (Lipinski definition) is 3. The highest BCUT2D eigenvalue weighted by Gasteiger charge is 2.27. The molecule has 2 aliphatic rings. The van der Waals surface area contributed by atoms with Gasteiger partial charge in [0.15, 0.2) is 17.3 Å². The van der Waals surface area contributed by atoms with E-state index in [0.29, 0.717) is 42.9 Å². The first-order chi connectivity index (χ1) is 16.3. The maximum absolute atomic E-state index is 14.3. The number of hydrogen-bond acceptors (Lipinski definition) is 7. The van der Waals surface area contributed by atoms with Crippen molar-refractivity contribution in [3.63, 3.8) is 0 Å². The molecule has 3 aromatic rings. The average molecular weight is 450 g/mol. The number of benzene rings is 1. The minimum atomic E-state index is -1.10. The number of aromatic nitrogens is 4. The molecule has 1 aliphatic carbocycles. The Balaban J connectivity index is 1.52. The van der Waals surface area contributed by atoms with Crippen molar-refractivity contribution in [3.8, 4) is 0 Å². The summed E-state index contributed by atoms with van der Waals surface area (Å²) >= 11 is 0. The fourth-order valence-corrected chi connectivity index (χ4v) is 3.96. The fourth-order valence-electron chi connectivity index (χ4n) is 3.96. The van der Waals surface area contributed by atoms with E-state index in [1.54, 1.807) is 4.57 Å². The first-order valence-electron chi connectivity index (χ1n) is 11.5. The lowest BCUT2D eigenvalue weighted by atomic mass is 9.93. The number of anilines is 3. The number of imidazole rings is 1. The maximum Gasteiger partial charge on any atom is 0.224 e. The van der Waals surface area contributed by atoms with Crippen LogP contribution in [0.4, 0.5) is 30.8 Å². The minimum Gasteiger partial charge on any atom is -0.393 e. The minimum absolute atomic E-state index is 0.0962. The van der Waals surface area contributed by atoms with Crippen LogP contribution in [0.25, 0.3) is 11.2 Å². The molecular formula is C21H23F3N6O2. The zero-order valence-electron chi connectivity index (χ0n) is 18.9. The molecule has 0 amide bonds. The van der Waals surface area contributed by atoms with E-state index in [1.165, 1.54) is 6.20 Å². The molecule has 2 fully saturated rings. The lowest BCUT2D eigenvalue weighted by Gasteiger charge is -2.26. The number of aliphatic hydroxyl groups is 1. The summed E-state index contributed by atoms with van der Waals surface area (Å²) in [5.41, 5.74) is 0.183. The highest BCUT2D eigenvalue weighted by atomic mass is 19.1. The summed E-state index contributed by atoms with van der Waals surface area (Å²) in [4.78, 5) is 13.2. The van der Waals surface area contributed by atoms with E-state index in [4.69, 9.17) is 7.48 Å². The second-order valence-electron chi connectivity index (χ2n) is 7.86. The van der Waals surface area contributed by atoms with E-state index in [2.05, 4.69) is 25.6 Å². The Labute approximate surface area is 184 Å². The van der Waals surface area contributed by atoms with Crippen molar-refractivity contribution in [1.82, 2.24) is 19.5 Å². The van der Waals surface area contributed by atoms with E-state index in [1.807, 2.05) is 0 Å². The summed E-state index contributed by atoms with van der Waals surface area (Å²) < 4.78 is 65.5. The van der Waals surface area contributed by atoms with Gasteiger partial charge in [-0.25, -0.2) is 23.1 Å². The smallest absolute Gasteiger partial charge is 0.224 e. The molecule has 0 spiro atoms. The van der Waals surface area contributed by atoms with Gasteiger partial charge in [-0.15, -0.1) is 0 Å². The van der Waals surface area contributed by atoms with Crippen molar-refractivity contribution >= 4 is 28.7 Å². The van der Waals surface area contributed by atoms with Gasteiger partial charge in [0.1, 0.15) is 17.0 Å². The molecule has 1 saturated carbocycles. The monoisotopic (exact) mass is 450 g/mol. The van der Waals surface area contributed by atoms with Gasteiger partial charge in [0.25, 0.3) is 0 Å². The van der Waals surface area contributed by atoms with Crippen molar-refractivity contribution in [2.75, 3.05) is 23.8 Å². The van der Waals surface area contributed by atoms with Gasteiger partial charge in [0.2, 0.25) is 11.9 Å². The van der Waals surface area contributed by atoms with E-state index >= 15 is 0 Å². The van der Waals surface area contributed by atoms with Gasteiger partial charge in [-0.05, 0) is 32.1 Å². The van der Waals surface area contributed by atoms with Gasteiger partial charge < -0.3 is 20.5 Å². The predicted molar refractivity (Wildman–Crippen MR) is 111 cm³/mol. The molecule has 5 rings (SSSR count). The van der Waals surface area contributed by atoms with Crippen LogP contribution in [-0.4, -0.2) is 50.0 Å². The van der Waals surface area contributed by atoms with Crippen LogP contribution in [0.5, 0.6) is 0 Å². The third-order valence-corrected chi connectivity index (χ3v) is 5.57. The first-order valence-corrected chi connectivity index (χ1v) is 10.3. The highest BCUT2D eigenvalue weighted by molar-refractivity contribution is 5.76. The molecule has 8 nitrogen and oxygen atoms in total. The van der Waals surface area contributed by atoms with Crippen LogP contribution in [0, 0.1) is 17.5 Å². The Morgan fingerprint density at radius 2 is 1.88 bits per heavy atom. The molecule has 3 unspecified atom stereocenters. The molecule has 1 saturated heterocycles. The number of fused-ring (bicyclic) bond motifs is 1. The lowest BCUT2D eigenvalue weighted by molar-refractivity contribution is 0.126. The number of rotatable bonds is 5. The second kappa shape index (κ2) is 8.55. The number of nitrogens with one attached hydrogen (secondary N) is 2. The van der Waals surface area contributed by atoms with Gasteiger partial charge in [0, 0.05) is 27.5 Å². The van der Waals surface area contributed by atoms with Crippen LogP contribution in [0.3, 0.4) is 0 Å². The SMILES string of the molecule is [2H]C1CC(O)CC([2H])C1Nc1ncc2nc(Nc3c(F)cc(F)cc3F)n(C3CCOC3)c2n1. The Kier molecular flexibility index (Phi) is 4.98. The number of aliphatic hydroxyl groups excluding tert-OH is 1. The first kappa shape index (κ1) is 18.6. The number of halogens is 3. The normalized spacial score (nSPS) is 29.1. The molecule has 3 heterocycles. The average Bonchev–Trinajstić information content (AvgIpc) is 3.40. The van der Waals surface area contributed by atoms with Gasteiger partial charge >= 0.3 is 0 Å². The molecule has 0 radical (unpaired) electrons. The molecule has 1 aromatic carbocycles. The topological polar surface area (TPSA) is 97.1 Å². The van der Waals surface area contributed by atoms with E-state index in [-0.39, 0.29) is 30.8 Å². The fraction of sp³-hybridized carbons (Fsp3) is 0.476. The van der Waals surface area contributed by atoms with E-state index < -0.39 is 48.1 Å². The van der Waals surface area contributed by atoms with Gasteiger partial charge in [-0.1, -0.05) is 0 Å². The van der Waals surface area contributed by atoms with Crippen LogP contribution in [-0.2, 0) is 4.74 Å². The van der Waals surface area contributed by atoms with Crippen LogP contribution in [0.1, 0.15) is 40.8 Å². The zero-order valence-corrected chi connectivity index (χ0v) is 16.9. The second-order valence-corrected chi connectivity index (χ2v) is 7.86. The van der Waals surface area contributed by atoms with E-state index in [0.717, 1.165) is 0 Å². The summed E-state index contributed by atoms with van der Waals surface area (Å²) in [6.45, 7) is 0.829. The maximum atomic E-state index is 14.3. The van der Waals surface area contributed by atoms with Crippen molar-refractivity contribution in [2.45, 2.75) is 50.2 Å². The summed E-state index contributed by atoms with van der Waals surface area (Å²) in [6, 6.07) is 0.356. The zero-order chi connectivity index (χ0) is 24.0. The molecule has 170 valence electrons. The molecule has 3 N–H and O–H groups in total. The van der Waals surface area contributed by atoms with Crippen molar-refractivity contribution in [3.05, 3.63) is 35.8 Å². The molecule has 2 aromatic heterocycles. The Morgan fingerprint density at radius 1 is 1.12 bits per heavy atom. The van der Waals surface area contributed by atoms with Gasteiger partial charge in [-0.2, -0.15) is 4.98 Å². The van der Waals surface area contributed by atoms with Crippen LogP contribution in [0.15, 0.2) is 18.3 Å². The van der Waals surface area contributed by atoms with Gasteiger partial charge in [-0.3, -0.25) is 4.57 Å². The molecule has 11 heteroatoms. The Hall–Kier alpha value is -2.92. The molecule has 3 atom stereocenters. The summed E-state index contributed by atoms with van der Waals surface area (Å²) in [5, 5.41) is 15.5. The quantitative estimate of drug-likeness (QED) is 0.546. The Morgan fingerprint density at radius 3 is 2.56 bits per heavy atom. The standard InChI is InChI=1S/C21H23F3N6O2/c22-11-7-15(23)18(16(24)8-11)28-21-27-17-9-25-20(26-12-1-3-14(31)4-2-12)29-19(17)30(21)13-5-6-32-10-13/h7-9,12-14,31H,1-6,10H2,(H,27,28)(H,25,26,29)/i1D,2D. The van der Waals surface area contributed by atoms with Crippen molar-refractivity contribution in [1.29, 1.82) is 0 Å². The largest absolute Gasteiger partial charge is 0.393 e.